The first kappa shape index (κ1) is 48.5. The van der Waals surface area contributed by atoms with Gasteiger partial charge in [0.15, 0.2) is 6.10 Å². The maximum atomic E-state index is 12.7. The Balaban J connectivity index is 4.42. The van der Waals surface area contributed by atoms with Crippen molar-refractivity contribution in [2.75, 3.05) is 41.0 Å². The minimum absolute atomic E-state index is 0.0328. The van der Waals surface area contributed by atoms with E-state index in [1.165, 1.54) is 57.8 Å². The number of hydrogen-bond acceptors (Lipinski definition) is 7. The second-order valence-corrected chi connectivity index (χ2v) is 14.9. The van der Waals surface area contributed by atoms with Crippen LogP contribution in [0.3, 0.4) is 0 Å². The topological polar surface area (TPSA) is 102 Å². The van der Waals surface area contributed by atoms with Crippen molar-refractivity contribution in [3.8, 4) is 0 Å². The van der Waals surface area contributed by atoms with Crippen LogP contribution in [0.4, 0.5) is 0 Å². The number of carboxylic acids is 1. The van der Waals surface area contributed by atoms with Gasteiger partial charge in [-0.25, -0.2) is 0 Å². The van der Waals surface area contributed by atoms with E-state index < -0.39 is 18.1 Å². The average molecular weight is 720 g/mol. The van der Waals surface area contributed by atoms with Gasteiger partial charge in [-0.1, -0.05) is 121 Å². The van der Waals surface area contributed by atoms with Crippen LogP contribution in [-0.4, -0.2) is 75.5 Å². The molecule has 0 aliphatic heterocycles. The van der Waals surface area contributed by atoms with E-state index in [2.05, 4.69) is 50.3 Å². The Hall–Kier alpha value is -2.45. The fourth-order valence-corrected chi connectivity index (χ4v) is 5.73. The number of ether oxygens (including phenoxy) is 3. The zero-order valence-corrected chi connectivity index (χ0v) is 33.5. The molecule has 0 radical (unpaired) electrons. The largest absolute Gasteiger partial charge is 0.544 e. The van der Waals surface area contributed by atoms with Crippen molar-refractivity contribution >= 4 is 17.9 Å². The molecule has 0 N–H and O–H groups in total. The maximum absolute atomic E-state index is 12.7. The van der Waals surface area contributed by atoms with Gasteiger partial charge < -0.3 is 28.6 Å². The van der Waals surface area contributed by atoms with Gasteiger partial charge in [0.1, 0.15) is 12.6 Å². The summed E-state index contributed by atoms with van der Waals surface area (Å²) in [4.78, 5) is 36.7. The number of likely N-dealkylation sites (N-methyl/N-ethyl adjacent to an activating group) is 1. The number of allylic oxidation sites excluding steroid dienone is 6. The van der Waals surface area contributed by atoms with E-state index >= 15 is 0 Å². The molecule has 0 saturated heterocycles. The number of quaternary nitrogens is 1. The Bertz CT molecular complexity index is 937. The van der Waals surface area contributed by atoms with Crippen molar-refractivity contribution in [3.05, 3.63) is 36.5 Å². The van der Waals surface area contributed by atoms with Gasteiger partial charge in [0.25, 0.3) is 0 Å². The quantitative estimate of drug-likeness (QED) is 0.0275. The highest BCUT2D eigenvalue weighted by atomic mass is 16.6. The van der Waals surface area contributed by atoms with Crippen molar-refractivity contribution in [3.63, 3.8) is 0 Å². The van der Waals surface area contributed by atoms with Crippen LogP contribution in [0.15, 0.2) is 36.5 Å². The number of esters is 2. The van der Waals surface area contributed by atoms with Gasteiger partial charge in [0.05, 0.1) is 40.3 Å². The molecule has 0 spiro atoms. The number of aliphatic carboxylic acids is 1. The summed E-state index contributed by atoms with van der Waals surface area (Å²) in [5.41, 5.74) is 0. The monoisotopic (exact) mass is 720 g/mol. The van der Waals surface area contributed by atoms with Crippen LogP contribution in [0.25, 0.3) is 0 Å². The summed E-state index contributed by atoms with van der Waals surface area (Å²) < 4.78 is 17.1. The van der Waals surface area contributed by atoms with Crippen molar-refractivity contribution in [2.24, 2.45) is 0 Å². The van der Waals surface area contributed by atoms with Crippen molar-refractivity contribution in [1.29, 1.82) is 0 Å². The summed E-state index contributed by atoms with van der Waals surface area (Å²) in [7, 11) is 5.39. The van der Waals surface area contributed by atoms with E-state index in [-0.39, 0.29) is 42.7 Å². The van der Waals surface area contributed by atoms with Crippen molar-refractivity contribution in [2.45, 2.75) is 180 Å². The normalized spacial score (nSPS) is 13.4. The van der Waals surface area contributed by atoms with Crippen LogP contribution >= 0.6 is 0 Å². The molecule has 51 heavy (non-hydrogen) atoms. The molecular formula is C43H77NO7. The SMILES string of the molecule is CCCC/C=C\CCCCCCCC(=O)OCC(COCCC(C(=O)[O-])[N+](C)(C)C)OC(=O)CCCCCCC/C=C\C/C=C\CCCCCC. The van der Waals surface area contributed by atoms with Crippen molar-refractivity contribution in [1.82, 2.24) is 0 Å². The Kier molecular flexibility index (Phi) is 33.0. The standard InChI is InChI=1S/C43H77NO7/c1-6-8-10-12-14-16-18-19-20-21-22-24-26-28-30-32-34-42(46)51-39(37-49-36-35-40(43(47)48)44(3,4)5)38-50-41(45)33-31-29-27-25-23-17-15-13-11-9-7-2/h13,15-16,18,20-21,39-40H,6-12,14,17,19,22-38H2,1-5H3/b15-13-,18-16-,21-20-. The molecule has 0 aromatic heterocycles. The Morgan fingerprint density at radius 2 is 1.06 bits per heavy atom. The lowest BCUT2D eigenvalue weighted by atomic mass is 10.1. The molecule has 296 valence electrons. The molecule has 0 aromatic rings. The minimum atomic E-state index is -1.13. The van der Waals surface area contributed by atoms with Crippen LogP contribution in [0.2, 0.25) is 0 Å². The molecule has 0 bridgehead atoms. The number of rotatable bonds is 36. The summed E-state index contributed by atoms with van der Waals surface area (Å²) in [6, 6.07) is -0.728. The van der Waals surface area contributed by atoms with Gasteiger partial charge >= 0.3 is 11.9 Å². The summed E-state index contributed by atoms with van der Waals surface area (Å²) >= 11 is 0. The number of nitrogens with zero attached hydrogens (tertiary/aromatic N) is 1. The number of carboxylic acid groups (broad SMARTS) is 1. The zero-order valence-electron chi connectivity index (χ0n) is 33.5. The predicted octanol–water partition coefficient (Wildman–Crippen LogP) is 9.35. The van der Waals surface area contributed by atoms with E-state index in [4.69, 9.17) is 14.2 Å². The third kappa shape index (κ3) is 33.2. The number of carbonyl (C=O) groups excluding carboxylic acids is 3. The van der Waals surface area contributed by atoms with Gasteiger partial charge in [-0.05, 0) is 64.2 Å². The highest BCUT2D eigenvalue weighted by Gasteiger charge is 2.25. The van der Waals surface area contributed by atoms with E-state index in [1.54, 1.807) is 21.1 Å². The third-order valence-electron chi connectivity index (χ3n) is 9.00. The minimum Gasteiger partial charge on any atom is -0.544 e. The second-order valence-electron chi connectivity index (χ2n) is 14.9. The molecule has 0 amide bonds. The zero-order chi connectivity index (χ0) is 37.8. The second kappa shape index (κ2) is 34.6. The molecule has 2 unspecified atom stereocenters. The van der Waals surface area contributed by atoms with Crippen LogP contribution in [0.1, 0.15) is 168 Å². The number of hydrogen-bond donors (Lipinski definition) is 0. The van der Waals surface area contributed by atoms with Gasteiger partial charge in [-0.3, -0.25) is 9.59 Å². The van der Waals surface area contributed by atoms with Crippen LogP contribution in [0, 0.1) is 0 Å². The first-order valence-electron chi connectivity index (χ1n) is 20.5. The highest BCUT2D eigenvalue weighted by Crippen LogP contribution is 2.13. The van der Waals surface area contributed by atoms with E-state index in [9.17, 15) is 19.5 Å². The van der Waals surface area contributed by atoms with Crippen LogP contribution in [-0.2, 0) is 28.6 Å². The van der Waals surface area contributed by atoms with E-state index in [0.717, 1.165) is 77.0 Å². The molecule has 8 nitrogen and oxygen atoms in total. The molecule has 0 fully saturated rings. The Morgan fingerprint density at radius 3 is 1.59 bits per heavy atom. The van der Waals surface area contributed by atoms with Gasteiger partial charge in [-0.2, -0.15) is 0 Å². The first-order valence-corrected chi connectivity index (χ1v) is 20.5. The van der Waals surface area contributed by atoms with Crippen LogP contribution in [0.5, 0.6) is 0 Å². The smallest absolute Gasteiger partial charge is 0.306 e. The lowest BCUT2D eigenvalue weighted by Gasteiger charge is -2.34. The fraction of sp³-hybridized carbons (Fsp3) is 0.791. The molecule has 0 aromatic carbocycles. The van der Waals surface area contributed by atoms with E-state index in [1.807, 2.05) is 0 Å². The molecule has 8 heteroatoms. The Labute approximate surface area is 313 Å². The predicted molar refractivity (Wildman–Crippen MR) is 208 cm³/mol. The van der Waals surface area contributed by atoms with Gasteiger partial charge in [-0.15, -0.1) is 0 Å². The third-order valence-corrected chi connectivity index (χ3v) is 9.00. The molecule has 0 heterocycles. The first-order chi connectivity index (χ1) is 24.6. The lowest BCUT2D eigenvalue weighted by Crippen LogP contribution is -2.55. The molecular weight excluding hydrogens is 642 g/mol. The summed E-state index contributed by atoms with van der Waals surface area (Å²) in [5.74, 6) is -1.77. The summed E-state index contributed by atoms with van der Waals surface area (Å²) in [6.45, 7) is 4.57. The van der Waals surface area contributed by atoms with E-state index in [0.29, 0.717) is 12.8 Å². The van der Waals surface area contributed by atoms with Gasteiger partial charge in [0.2, 0.25) is 0 Å². The number of carbonyl (C=O) groups is 3. The average Bonchev–Trinajstić information content (AvgIpc) is 3.08. The fourth-order valence-electron chi connectivity index (χ4n) is 5.73. The number of unbranched alkanes of at least 4 members (excludes halogenated alkanes) is 16. The van der Waals surface area contributed by atoms with Crippen molar-refractivity contribution < 1.29 is 38.2 Å². The van der Waals surface area contributed by atoms with Crippen LogP contribution < -0.4 is 5.11 Å². The van der Waals surface area contributed by atoms with Gasteiger partial charge in [0, 0.05) is 19.3 Å². The molecule has 0 aliphatic carbocycles. The maximum Gasteiger partial charge on any atom is 0.306 e. The highest BCUT2D eigenvalue weighted by molar-refractivity contribution is 5.70. The summed E-state index contributed by atoms with van der Waals surface area (Å²) in [5, 5.41) is 11.6. The molecule has 0 aliphatic rings. The molecule has 0 rings (SSSR count). The lowest BCUT2D eigenvalue weighted by molar-refractivity contribution is -0.889. The Morgan fingerprint density at radius 1 is 0.588 bits per heavy atom. The molecule has 2 atom stereocenters. The molecule has 0 saturated carbocycles. The summed E-state index contributed by atoms with van der Waals surface area (Å²) in [6.07, 6.45) is 37.3.